The molecule has 0 atom stereocenters. The summed E-state index contributed by atoms with van der Waals surface area (Å²) in [6.45, 7) is 0. The third-order valence-corrected chi connectivity index (χ3v) is 3.01. The Kier molecular flexibility index (Phi) is 4.18. The van der Waals surface area contributed by atoms with Gasteiger partial charge in [-0.25, -0.2) is 0 Å². The highest BCUT2D eigenvalue weighted by Gasteiger charge is 2.07. The number of carbonyl (C=O) groups excluding carboxylic acids is 1. The van der Waals surface area contributed by atoms with Crippen LogP contribution in [0.15, 0.2) is 48.5 Å². The molecule has 2 rings (SSSR count). The Hall–Kier alpha value is -2.29. The van der Waals surface area contributed by atoms with Gasteiger partial charge in [0, 0.05) is 17.7 Å². The summed E-state index contributed by atoms with van der Waals surface area (Å²) < 4.78 is 5.11. The average molecular weight is 255 g/mol. The molecule has 0 amide bonds. The third-order valence-electron chi connectivity index (χ3n) is 3.01. The predicted molar refractivity (Wildman–Crippen MR) is 76.5 cm³/mol. The number of ketones is 1. The fourth-order valence-corrected chi connectivity index (χ4v) is 1.88. The lowest BCUT2D eigenvalue weighted by atomic mass is 10.0. The number of hydrogen-bond donors (Lipinski definition) is 1. The quantitative estimate of drug-likeness (QED) is 0.659. The van der Waals surface area contributed by atoms with Crippen LogP contribution in [0.3, 0.4) is 0 Å². The zero-order chi connectivity index (χ0) is 13.7. The normalized spacial score (nSPS) is 10.2. The standard InChI is InChI=1S/C16H17NO2/c1-19-15-4-2-3-13(11-15)16(18)10-7-12-5-8-14(17)9-6-12/h2-6,8-9,11H,7,10,17H2,1H3. The molecule has 0 bridgehead atoms. The van der Waals surface area contributed by atoms with Crippen LogP contribution in [0.2, 0.25) is 0 Å². The van der Waals surface area contributed by atoms with E-state index in [2.05, 4.69) is 0 Å². The molecule has 0 heterocycles. The molecule has 98 valence electrons. The molecule has 0 saturated heterocycles. The van der Waals surface area contributed by atoms with Gasteiger partial charge in [0.1, 0.15) is 5.75 Å². The molecule has 0 aliphatic carbocycles. The minimum absolute atomic E-state index is 0.121. The number of rotatable bonds is 5. The number of methoxy groups -OCH3 is 1. The van der Waals surface area contributed by atoms with Crippen LogP contribution >= 0.6 is 0 Å². The highest BCUT2D eigenvalue weighted by molar-refractivity contribution is 5.96. The number of benzene rings is 2. The van der Waals surface area contributed by atoms with Crippen LogP contribution in [0, 0.1) is 0 Å². The molecular formula is C16H17NO2. The van der Waals surface area contributed by atoms with Crippen molar-refractivity contribution >= 4 is 11.5 Å². The maximum Gasteiger partial charge on any atom is 0.163 e. The Balaban J connectivity index is 1.99. The van der Waals surface area contributed by atoms with Gasteiger partial charge in [0.15, 0.2) is 5.78 Å². The van der Waals surface area contributed by atoms with E-state index in [1.54, 1.807) is 13.2 Å². The Morgan fingerprint density at radius 1 is 1.16 bits per heavy atom. The summed E-state index contributed by atoms with van der Waals surface area (Å²) in [4.78, 5) is 12.1. The number of anilines is 1. The number of nitrogens with two attached hydrogens (primary N) is 1. The molecule has 2 N–H and O–H groups in total. The van der Waals surface area contributed by atoms with Gasteiger partial charge in [-0.05, 0) is 36.2 Å². The first-order chi connectivity index (χ1) is 9.19. The van der Waals surface area contributed by atoms with Crippen molar-refractivity contribution in [3.8, 4) is 5.75 Å². The Morgan fingerprint density at radius 2 is 1.89 bits per heavy atom. The Morgan fingerprint density at radius 3 is 2.58 bits per heavy atom. The summed E-state index contributed by atoms with van der Waals surface area (Å²) in [6.07, 6.45) is 1.20. The van der Waals surface area contributed by atoms with Gasteiger partial charge >= 0.3 is 0 Å². The Bertz CT molecular complexity index is 561. The fourth-order valence-electron chi connectivity index (χ4n) is 1.88. The van der Waals surface area contributed by atoms with Crippen LogP contribution in [-0.2, 0) is 6.42 Å². The van der Waals surface area contributed by atoms with Crippen LogP contribution in [0.1, 0.15) is 22.3 Å². The van der Waals surface area contributed by atoms with Crippen molar-refractivity contribution in [1.82, 2.24) is 0 Å². The molecule has 0 unspecified atom stereocenters. The van der Waals surface area contributed by atoms with Gasteiger partial charge in [-0.2, -0.15) is 0 Å². The van der Waals surface area contributed by atoms with E-state index in [1.807, 2.05) is 42.5 Å². The number of aryl methyl sites for hydroxylation is 1. The molecule has 3 heteroatoms. The van der Waals surface area contributed by atoms with E-state index >= 15 is 0 Å². The Labute approximate surface area is 113 Å². The van der Waals surface area contributed by atoms with Crippen LogP contribution in [0.25, 0.3) is 0 Å². The summed E-state index contributed by atoms with van der Waals surface area (Å²) in [5, 5.41) is 0. The van der Waals surface area contributed by atoms with Crippen molar-refractivity contribution in [2.45, 2.75) is 12.8 Å². The molecule has 0 spiro atoms. The van der Waals surface area contributed by atoms with Crippen LogP contribution < -0.4 is 10.5 Å². The van der Waals surface area contributed by atoms with E-state index in [-0.39, 0.29) is 5.78 Å². The second-order valence-electron chi connectivity index (χ2n) is 4.40. The monoisotopic (exact) mass is 255 g/mol. The maximum atomic E-state index is 12.1. The fraction of sp³-hybridized carbons (Fsp3) is 0.188. The molecule has 0 radical (unpaired) electrons. The molecule has 2 aromatic rings. The number of nitrogen functional groups attached to an aromatic ring is 1. The molecule has 0 fully saturated rings. The van der Waals surface area contributed by atoms with Crippen molar-refractivity contribution in [1.29, 1.82) is 0 Å². The zero-order valence-electron chi connectivity index (χ0n) is 10.9. The summed E-state index contributed by atoms with van der Waals surface area (Å²) >= 11 is 0. The zero-order valence-corrected chi connectivity index (χ0v) is 10.9. The summed E-state index contributed by atoms with van der Waals surface area (Å²) in [7, 11) is 1.60. The van der Waals surface area contributed by atoms with E-state index in [9.17, 15) is 4.79 Å². The first kappa shape index (κ1) is 13.1. The molecular weight excluding hydrogens is 238 g/mol. The van der Waals surface area contributed by atoms with Crippen molar-refractivity contribution in [3.05, 3.63) is 59.7 Å². The molecule has 0 aromatic heterocycles. The maximum absolute atomic E-state index is 12.1. The number of hydrogen-bond acceptors (Lipinski definition) is 3. The van der Waals surface area contributed by atoms with Crippen LogP contribution in [0.5, 0.6) is 5.75 Å². The number of Topliss-reactive ketones (excluding diaryl/α,β-unsaturated/α-hetero) is 1. The van der Waals surface area contributed by atoms with Gasteiger partial charge in [-0.3, -0.25) is 4.79 Å². The second-order valence-corrected chi connectivity index (χ2v) is 4.40. The minimum atomic E-state index is 0.121. The number of ether oxygens (including phenoxy) is 1. The molecule has 2 aromatic carbocycles. The van der Waals surface area contributed by atoms with Gasteiger partial charge in [-0.15, -0.1) is 0 Å². The van der Waals surface area contributed by atoms with Crippen molar-refractivity contribution in [2.24, 2.45) is 0 Å². The van der Waals surface area contributed by atoms with Gasteiger partial charge in [0.2, 0.25) is 0 Å². The largest absolute Gasteiger partial charge is 0.497 e. The van der Waals surface area contributed by atoms with E-state index in [0.29, 0.717) is 17.7 Å². The first-order valence-electron chi connectivity index (χ1n) is 6.21. The predicted octanol–water partition coefficient (Wildman–Crippen LogP) is 3.09. The van der Waals surface area contributed by atoms with Crippen LogP contribution in [-0.4, -0.2) is 12.9 Å². The van der Waals surface area contributed by atoms with Gasteiger partial charge < -0.3 is 10.5 Å². The van der Waals surface area contributed by atoms with E-state index < -0.39 is 0 Å². The van der Waals surface area contributed by atoms with Gasteiger partial charge in [0.25, 0.3) is 0 Å². The van der Waals surface area contributed by atoms with Crippen molar-refractivity contribution < 1.29 is 9.53 Å². The summed E-state index contributed by atoms with van der Waals surface area (Å²) in [5.74, 6) is 0.828. The highest BCUT2D eigenvalue weighted by atomic mass is 16.5. The molecule has 0 saturated carbocycles. The third kappa shape index (κ3) is 3.58. The number of carbonyl (C=O) groups is 1. The second kappa shape index (κ2) is 6.05. The van der Waals surface area contributed by atoms with Crippen LogP contribution in [0.4, 0.5) is 5.69 Å². The lowest BCUT2D eigenvalue weighted by Gasteiger charge is -2.04. The summed E-state index contributed by atoms with van der Waals surface area (Å²) in [6, 6.07) is 14.9. The molecule has 0 aliphatic rings. The topological polar surface area (TPSA) is 52.3 Å². The van der Waals surface area contributed by atoms with E-state index in [1.165, 1.54) is 0 Å². The SMILES string of the molecule is COc1cccc(C(=O)CCc2ccc(N)cc2)c1. The lowest BCUT2D eigenvalue weighted by Crippen LogP contribution is -2.01. The van der Waals surface area contributed by atoms with Gasteiger partial charge in [0.05, 0.1) is 7.11 Å². The molecule has 3 nitrogen and oxygen atoms in total. The minimum Gasteiger partial charge on any atom is -0.497 e. The molecule has 0 aliphatic heterocycles. The lowest BCUT2D eigenvalue weighted by molar-refractivity contribution is 0.0982. The summed E-state index contributed by atoms with van der Waals surface area (Å²) in [5.41, 5.74) is 8.17. The van der Waals surface area contributed by atoms with Gasteiger partial charge in [-0.1, -0.05) is 24.3 Å². The molecule has 19 heavy (non-hydrogen) atoms. The smallest absolute Gasteiger partial charge is 0.163 e. The van der Waals surface area contributed by atoms with Crippen molar-refractivity contribution in [3.63, 3.8) is 0 Å². The van der Waals surface area contributed by atoms with E-state index in [0.717, 1.165) is 17.7 Å². The first-order valence-corrected chi connectivity index (χ1v) is 6.21. The highest BCUT2D eigenvalue weighted by Crippen LogP contribution is 2.15. The van der Waals surface area contributed by atoms with E-state index in [4.69, 9.17) is 10.5 Å². The van der Waals surface area contributed by atoms with Crippen molar-refractivity contribution in [2.75, 3.05) is 12.8 Å². The average Bonchev–Trinajstić information content (AvgIpc) is 2.46.